The van der Waals surface area contributed by atoms with Crippen LogP contribution < -0.4 is 5.32 Å². The Hall–Kier alpha value is -2.63. The van der Waals surface area contributed by atoms with E-state index in [1.807, 2.05) is 11.6 Å². The lowest BCUT2D eigenvalue weighted by Crippen LogP contribution is -2.26. The van der Waals surface area contributed by atoms with E-state index in [9.17, 15) is 9.59 Å². The highest BCUT2D eigenvalue weighted by Gasteiger charge is 2.16. The van der Waals surface area contributed by atoms with Crippen molar-refractivity contribution in [2.45, 2.75) is 40.2 Å². The fourth-order valence-electron chi connectivity index (χ4n) is 2.71. The first-order chi connectivity index (χ1) is 11.9. The van der Waals surface area contributed by atoms with Gasteiger partial charge in [-0.2, -0.15) is 5.10 Å². The van der Waals surface area contributed by atoms with Gasteiger partial charge in [-0.25, -0.2) is 4.79 Å². The standard InChI is InChI=1S/C19H25N3O3/c1-4-17-16(11-21-22(17)12-13(2)3)18(23)20-10-9-14-5-7-15(8-6-14)19(24)25/h5-8,11,13H,4,9-10,12H2,1-3H3,(H,20,23)(H,24,25). The van der Waals surface area contributed by atoms with E-state index in [-0.39, 0.29) is 11.5 Å². The molecule has 6 heteroatoms. The van der Waals surface area contributed by atoms with E-state index in [2.05, 4.69) is 24.3 Å². The van der Waals surface area contributed by atoms with Gasteiger partial charge in [0.05, 0.1) is 23.0 Å². The lowest BCUT2D eigenvalue weighted by molar-refractivity contribution is 0.0696. The van der Waals surface area contributed by atoms with Crippen LogP contribution in [0.15, 0.2) is 30.5 Å². The highest BCUT2D eigenvalue weighted by molar-refractivity contribution is 5.95. The maximum Gasteiger partial charge on any atom is 0.335 e. The molecule has 0 bridgehead atoms. The SMILES string of the molecule is CCc1c(C(=O)NCCc2ccc(C(=O)O)cc2)cnn1CC(C)C. The molecule has 2 N–H and O–H groups in total. The molecule has 1 aromatic heterocycles. The van der Waals surface area contributed by atoms with E-state index < -0.39 is 5.97 Å². The summed E-state index contributed by atoms with van der Waals surface area (Å²) in [4.78, 5) is 23.3. The zero-order valence-electron chi connectivity index (χ0n) is 15.0. The summed E-state index contributed by atoms with van der Waals surface area (Å²) in [5.41, 5.74) is 2.83. The van der Waals surface area contributed by atoms with Crippen LogP contribution in [-0.2, 0) is 19.4 Å². The molecule has 2 rings (SSSR count). The zero-order chi connectivity index (χ0) is 18.4. The molecule has 0 aliphatic heterocycles. The normalized spacial score (nSPS) is 10.9. The van der Waals surface area contributed by atoms with Gasteiger partial charge in [0.2, 0.25) is 0 Å². The Balaban J connectivity index is 1.94. The van der Waals surface area contributed by atoms with Gasteiger partial charge < -0.3 is 10.4 Å². The van der Waals surface area contributed by atoms with Gasteiger partial charge in [-0.05, 0) is 36.5 Å². The van der Waals surface area contributed by atoms with Crippen LogP contribution in [0.1, 0.15) is 52.7 Å². The second-order valence-electron chi connectivity index (χ2n) is 6.44. The first-order valence-corrected chi connectivity index (χ1v) is 8.57. The Morgan fingerprint density at radius 3 is 2.48 bits per heavy atom. The topological polar surface area (TPSA) is 84.2 Å². The summed E-state index contributed by atoms with van der Waals surface area (Å²) in [7, 11) is 0. The Morgan fingerprint density at radius 2 is 1.92 bits per heavy atom. The van der Waals surface area contributed by atoms with Crippen LogP contribution in [0.5, 0.6) is 0 Å². The molecule has 1 heterocycles. The molecule has 0 radical (unpaired) electrons. The summed E-state index contributed by atoms with van der Waals surface area (Å²) >= 11 is 0. The van der Waals surface area contributed by atoms with Gasteiger partial charge in [0, 0.05) is 13.1 Å². The summed E-state index contributed by atoms with van der Waals surface area (Å²) in [5, 5.41) is 16.2. The fourth-order valence-corrected chi connectivity index (χ4v) is 2.71. The van der Waals surface area contributed by atoms with Crippen molar-refractivity contribution in [3.8, 4) is 0 Å². The summed E-state index contributed by atoms with van der Waals surface area (Å²) in [6.07, 6.45) is 3.04. The Morgan fingerprint density at radius 1 is 1.24 bits per heavy atom. The number of aromatic carboxylic acids is 1. The molecule has 1 aromatic carbocycles. The first-order valence-electron chi connectivity index (χ1n) is 8.57. The van der Waals surface area contributed by atoms with Crippen LogP contribution >= 0.6 is 0 Å². The molecule has 0 spiro atoms. The third-order valence-electron chi connectivity index (χ3n) is 3.97. The minimum absolute atomic E-state index is 0.117. The number of carbonyl (C=O) groups is 2. The maximum absolute atomic E-state index is 12.4. The second-order valence-corrected chi connectivity index (χ2v) is 6.44. The van der Waals surface area contributed by atoms with Gasteiger partial charge in [0.1, 0.15) is 0 Å². The summed E-state index contributed by atoms with van der Waals surface area (Å²) in [5.74, 6) is -0.589. The number of hydrogen-bond donors (Lipinski definition) is 2. The van der Waals surface area contributed by atoms with Crippen molar-refractivity contribution in [2.75, 3.05) is 6.54 Å². The monoisotopic (exact) mass is 343 g/mol. The predicted octanol–water partition coefficient (Wildman–Crippen LogP) is 2.77. The molecule has 0 saturated carbocycles. The van der Waals surface area contributed by atoms with Gasteiger partial charge in [0.25, 0.3) is 5.91 Å². The number of nitrogens with one attached hydrogen (secondary N) is 1. The van der Waals surface area contributed by atoms with Gasteiger partial charge >= 0.3 is 5.97 Å². The molecule has 0 atom stereocenters. The van der Waals surface area contributed by atoms with Crippen LogP contribution in [0.3, 0.4) is 0 Å². The molecule has 0 fully saturated rings. The van der Waals surface area contributed by atoms with Gasteiger partial charge in [0.15, 0.2) is 0 Å². The molecular weight excluding hydrogens is 318 g/mol. The van der Waals surface area contributed by atoms with E-state index in [0.717, 1.165) is 24.2 Å². The van der Waals surface area contributed by atoms with E-state index in [1.54, 1.807) is 30.5 Å². The number of benzene rings is 1. The average Bonchev–Trinajstić information content (AvgIpc) is 2.97. The molecular formula is C19H25N3O3. The quantitative estimate of drug-likeness (QED) is 0.772. The number of amides is 1. The van der Waals surface area contributed by atoms with E-state index in [0.29, 0.717) is 24.4 Å². The Kier molecular flexibility index (Phi) is 6.33. The number of aromatic nitrogens is 2. The van der Waals surface area contributed by atoms with Crippen LogP contribution in [0, 0.1) is 5.92 Å². The molecule has 2 aromatic rings. The Bertz CT molecular complexity index is 733. The van der Waals surface area contributed by atoms with E-state index in [1.165, 1.54) is 0 Å². The number of hydrogen-bond acceptors (Lipinski definition) is 3. The van der Waals surface area contributed by atoms with Gasteiger partial charge in [-0.1, -0.05) is 32.9 Å². The van der Waals surface area contributed by atoms with Gasteiger partial charge in [-0.3, -0.25) is 9.48 Å². The van der Waals surface area contributed by atoms with Crippen molar-refractivity contribution in [3.05, 3.63) is 52.8 Å². The van der Waals surface area contributed by atoms with Crippen molar-refractivity contribution in [2.24, 2.45) is 5.92 Å². The number of carbonyl (C=O) groups excluding carboxylic acids is 1. The van der Waals surface area contributed by atoms with Crippen LogP contribution in [0.25, 0.3) is 0 Å². The Labute approximate surface area is 147 Å². The fraction of sp³-hybridized carbons (Fsp3) is 0.421. The number of carboxylic acid groups (broad SMARTS) is 1. The van der Waals surface area contributed by atoms with Crippen LogP contribution in [-0.4, -0.2) is 33.3 Å². The van der Waals surface area contributed by atoms with Crippen molar-refractivity contribution in [1.29, 1.82) is 0 Å². The molecule has 6 nitrogen and oxygen atoms in total. The molecule has 0 aliphatic carbocycles. The lowest BCUT2D eigenvalue weighted by Gasteiger charge is -2.10. The first kappa shape index (κ1) is 18.7. The van der Waals surface area contributed by atoms with Crippen molar-refractivity contribution >= 4 is 11.9 Å². The molecule has 25 heavy (non-hydrogen) atoms. The summed E-state index contributed by atoms with van der Waals surface area (Å²) < 4.78 is 1.91. The molecule has 0 aliphatic rings. The summed E-state index contributed by atoms with van der Waals surface area (Å²) in [6.45, 7) is 7.55. The minimum Gasteiger partial charge on any atom is -0.478 e. The molecule has 0 saturated heterocycles. The van der Waals surface area contributed by atoms with Crippen molar-refractivity contribution in [1.82, 2.24) is 15.1 Å². The largest absolute Gasteiger partial charge is 0.478 e. The van der Waals surface area contributed by atoms with Crippen molar-refractivity contribution < 1.29 is 14.7 Å². The maximum atomic E-state index is 12.4. The lowest BCUT2D eigenvalue weighted by atomic mass is 10.1. The second kappa shape index (κ2) is 8.46. The molecule has 134 valence electrons. The third kappa shape index (κ3) is 4.92. The van der Waals surface area contributed by atoms with E-state index in [4.69, 9.17) is 5.11 Å². The number of nitrogens with zero attached hydrogens (tertiary/aromatic N) is 2. The van der Waals surface area contributed by atoms with Gasteiger partial charge in [-0.15, -0.1) is 0 Å². The minimum atomic E-state index is -0.939. The van der Waals surface area contributed by atoms with E-state index >= 15 is 0 Å². The third-order valence-corrected chi connectivity index (χ3v) is 3.97. The molecule has 0 unspecified atom stereocenters. The van der Waals surface area contributed by atoms with Crippen LogP contribution in [0.2, 0.25) is 0 Å². The zero-order valence-corrected chi connectivity index (χ0v) is 15.0. The van der Waals surface area contributed by atoms with Crippen molar-refractivity contribution in [3.63, 3.8) is 0 Å². The highest BCUT2D eigenvalue weighted by atomic mass is 16.4. The van der Waals surface area contributed by atoms with Crippen LogP contribution in [0.4, 0.5) is 0 Å². The number of carboxylic acids is 1. The number of rotatable bonds is 8. The average molecular weight is 343 g/mol. The highest BCUT2D eigenvalue weighted by Crippen LogP contribution is 2.12. The smallest absolute Gasteiger partial charge is 0.335 e. The molecule has 1 amide bonds. The summed E-state index contributed by atoms with van der Waals surface area (Å²) in [6, 6.07) is 6.69. The predicted molar refractivity (Wildman–Crippen MR) is 95.9 cm³/mol.